The van der Waals surface area contributed by atoms with Crippen LogP contribution in [0, 0.1) is 5.92 Å². The Hall–Kier alpha value is -2.16. The summed E-state index contributed by atoms with van der Waals surface area (Å²) in [5.41, 5.74) is 0. The van der Waals surface area contributed by atoms with Crippen molar-refractivity contribution < 1.29 is 23.9 Å². The average Bonchev–Trinajstić information content (AvgIpc) is 3.66. The van der Waals surface area contributed by atoms with E-state index in [1.165, 1.54) is 116 Å². The number of ether oxygens (including phenoxy) is 2. The van der Waals surface area contributed by atoms with Crippen LogP contribution in [0.15, 0.2) is 4.99 Å². The molecule has 0 saturated carbocycles. The van der Waals surface area contributed by atoms with Gasteiger partial charge in [-0.1, -0.05) is 169 Å². The largest absolute Gasteiger partial charge is 0.462 e. The summed E-state index contributed by atoms with van der Waals surface area (Å²) < 4.78 is 12.0. The molecule has 0 radical (unpaired) electrons. The number of aliphatic imine (C=N–C) groups is 1. The summed E-state index contributed by atoms with van der Waals surface area (Å²) in [7, 11) is 0. The first-order chi connectivity index (χ1) is 29.3. The summed E-state index contributed by atoms with van der Waals surface area (Å²) in [5, 5.41) is 6.28. The highest BCUT2D eigenvalue weighted by atomic mass is 16.5. The molecule has 9 nitrogen and oxygen atoms in total. The molecule has 0 aliphatic carbocycles. The quantitative estimate of drug-likeness (QED) is 0.0461. The summed E-state index contributed by atoms with van der Waals surface area (Å²) in [6.45, 7) is 15.5. The Morgan fingerprint density at radius 2 is 1.02 bits per heavy atom. The van der Waals surface area contributed by atoms with E-state index in [1.807, 2.05) is 0 Å². The SMILES string of the molecule is CCCCCCCCC(CC)OC(=O)CCCCCCCN(CCCCCCCC(=O)OC(CCCCCCCC)C[C@H](C)CCCCCC)CCCNC1=NC(=O)CN1. The number of nitrogens with one attached hydrogen (secondary N) is 2. The number of hydrogen-bond acceptors (Lipinski definition) is 8. The fourth-order valence-corrected chi connectivity index (χ4v) is 8.43. The van der Waals surface area contributed by atoms with Crippen molar-refractivity contribution in [2.75, 3.05) is 32.7 Å². The maximum absolute atomic E-state index is 13.0. The first-order valence-corrected chi connectivity index (χ1v) is 26.0. The van der Waals surface area contributed by atoms with Crippen molar-refractivity contribution in [1.82, 2.24) is 15.5 Å². The Balaban J connectivity index is 2.37. The number of hydrogen-bond donors (Lipinski definition) is 2. The smallest absolute Gasteiger partial charge is 0.306 e. The van der Waals surface area contributed by atoms with Crippen LogP contribution in [-0.2, 0) is 23.9 Å². The number of nitrogens with zero attached hydrogens (tertiary/aromatic N) is 2. The molecule has 1 heterocycles. The van der Waals surface area contributed by atoms with Gasteiger partial charge in [0.15, 0.2) is 5.96 Å². The fourth-order valence-electron chi connectivity index (χ4n) is 8.43. The second-order valence-corrected chi connectivity index (χ2v) is 18.3. The normalized spacial score (nSPS) is 14.2. The lowest BCUT2D eigenvalue weighted by molar-refractivity contribution is -0.151. The molecule has 0 bridgehead atoms. The summed E-state index contributed by atoms with van der Waals surface area (Å²) in [4.78, 5) is 43.5. The second kappa shape index (κ2) is 40.9. The van der Waals surface area contributed by atoms with Crippen molar-refractivity contribution in [3.8, 4) is 0 Å². The summed E-state index contributed by atoms with van der Waals surface area (Å²) in [6.07, 6.45) is 38.9. The third-order valence-electron chi connectivity index (χ3n) is 12.3. The topological polar surface area (TPSA) is 109 Å². The zero-order valence-electron chi connectivity index (χ0n) is 40.2. The van der Waals surface area contributed by atoms with Crippen LogP contribution in [0.25, 0.3) is 0 Å². The van der Waals surface area contributed by atoms with Crippen LogP contribution in [0.5, 0.6) is 0 Å². The van der Waals surface area contributed by atoms with Gasteiger partial charge in [0.05, 0.1) is 6.54 Å². The zero-order valence-corrected chi connectivity index (χ0v) is 40.2. The minimum atomic E-state index is -0.118. The van der Waals surface area contributed by atoms with Gasteiger partial charge in [0.25, 0.3) is 5.91 Å². The third-order valence-corrected chi connectivity index (χ3v) is 12.3. The lowest BCUT2D eigenvalue weighted by Gasteiger charge is -2.22. The molecule has 0 aromatic rings. The lowest BCUT2D eigenvalue weighted by atomic mass is 9.94. The Morgan fingerprint density at radius 1 is 0.583 bits per heavy atom. The van der Waals surface area contributed by atoms with Gasteiger partial charge in [0.2, 0.25) is 0 Å². The number of rotatable bonds is 44. The highest BCUT2D eigenvalue weighted by Crippen LogP contribution is 2.22. The molecule has 1 aliphatic heterocycles. The van der Waals surface area contributed by atoms with E-state index in [1.54, 1.807) is 0 Å². The third kappa shape index (κ3) is 34.4. The van der Waals surface area contributed by atoms with E-state index in [0.29, 0.717) is 24.7 Å². The number of carbonyl (C=O) groups excluding carboxylic acids is 3. The molecule has 0 spiro atoms. The maximum Gasteiger partial charge on any atom is 0.306 e. The van der Waals surface area contributed by atoms with Crippen molar-refractivity contribution in [2.45, 2.75) is 265 Å². The molecule has 60 heavy (non-hydrogen) atoms. The average molecular weight is 847 g/mol. The predicted molar refractivity (Wildman–Crippen MR) is 253 cm³/mol. The van der Waals surface area contributed by atoms with Gasteiger partial charge in [-0.2, -0.15) is 4.99 Å². The van der Waals surface area contributed by atoms with Crippen molar-refractivity contribution in [2.24, 2.45) is 10.9 Å². The van der Waals surface area contributed by atoms with E-state index >= 15 is 0 Å². The first-order valence-electron chi connectivity index (χ1n) is 26.0. The predicted octanol–water partition coefficient (Wildman–Crippen LogP) is 13.2. The van der Waals surface area contributed by atoms with E-state index in [9.17, 15) is 14.4 Å². The summed E-state index contributed by atoms with van der Waals surface area (Å²) in [6, 6.07) is 0. The van der Waals surface area contributed by atoms with Gasteiger partial charge < -0.3 is 25.0 Å². The van der Waals surface area contributed by atoms with Gasteiger partial charge in [0, 0.05) is 19.4 Å². The van der Waals surface area contributed by atoms with Crippen LogP contribution >= 0.6 is 0 Å². The molecule has 9 heteroatoms. The molecule has 1 rings (SSSR count). The molecule has 1 amide bonds. The van der Waals surface area contributed by atoms with Crippen molar-refractivity contribution in [3.63, 3.8) is 0 Å². The number of guanidine groups is 1. The van der Waals surface area contributed by atoms with E-state index in [0.717, 1.165) is 116 Å². The summed E-state index contributed by atoms with van der Waals surface area (Å²) in [5.74, 6) is 1.09. The van der Waals surface area contributed by atoms with Gasteiger partial charge in [-0.05, 0) is 96.2 Å². The van der Waals surface area contributed by atoms with Crippen molar-refractivity contribution in [3.05, 3.63) is 0 Å². The van der Waals surface area contributed by atoms with Crippen molar-refractivity contribution in [1.29, 1.82) is 0 Å². The van der Waals surface area contributed by atoms with Gasteiger partial charge in [-0.25, -0.2) is 0 Å². The minimum Gasteiger partial charge on any atom is -0.462 e. The monoisotopic (exact) mass is 847 g/mol. The Morgan fingerprint density at radius 3 is 1.53 bits per heavy atom. The molecule has 3 atom stereocenters. The van der Waals surface area contributed by atoms with E-state index in [4.69, 9.17) is 9.47 Å². The molecular formula is C51H98N4O5. The molecule has 2 N–H and O–H groups in total. The first kappa shape index (κ1) is 55.9. The Bertz CT molecular complexity index is 1050. The fraction of sp³-hybridized carbons (Fsp3) is 0.922. The minimum absolute atomic E-state index is 0.0101. The molecule has 0 aromatic heterocycles. The maximum atomic E-state index is 13.0. The molecule has 1 aliphatic rings. The number of unbranched alkanes of at least 4 members (excludes halogenated alkanes) is 21. The number of esters is 2. The van der Waals surface area contributed by atoms with Crippen LogP contribution in [0.1, 0.15) is 253 Å². The van der Waals surface area contributed by atoms with Gasteiger partial charge >= 0.3 is 11.9 Å². The lowest BCUT2D eigenvalue weighted by Crippen LogP contribution is -2.36. The number of amides is 1. The van der Waals surface area contributed by atoms with Gasteiger partial charge in [-0.15, -0.1) is 0 Å². The molecule has 0 fully saturated rings. The zero-order chi connectivity index (χ0) is 43.7. The standard InChI is InChI=1S/C51H98N4O5/c1-6-10-13-16-20-27-35-46(9-4)59-49(57)37-29-22-18-24-31-40-55(42-33-39-52-51-53-44-48(56)54-51)41-32-25-19-23-30-38-50(58)60-47(36-28-21-17-14-11-7-2)43-45(5)34-26-15-12-8-3/h45-47H,6-44H2,1-5H3,(H2,52,53,54,56)/t45-,46?,47?/m1/s1. The van der Waals surface area contributed by atoms with Crippen molar-refractivity contribution >= 4 is 23.8 Å². The Labute approximate surface area is 370 Å². The molecule has 2 unspecified atom stereocenters. The molecular weight excluding hydrogens is 749 g/mol. The van der Waals surface area contributed by atoms with E-state index in [2.05, 4.69) is 55.1 Å². The van der Waals surface area contributed by atoms with E-state index in [-0.39, 0.29) is 36.6 Å². The molecule has 352 valence electrons. The van der Waals surface area contributed by atoms with Crippen LogP contribution in [0.4, 0.5) is 0 Å². The van der Waals surface area contributed by atoms with E-state index < -0.39 is 0 Å². The van der Waals surface area contributed by atoms with Crippen LogP contribution < -0.4 is 10.6 Å². The second-order valence-electron chi connectivity index (χ2n) is 18.3. The van der Waals surface area contributed by atoms with Crippen LogP contribution in [0.3, 0.4) is 0 Å². The highest BCUT2D eigenvalue weighted by Gasteiger charge is 2.18. The molecule has 0 aromatic carbocycles. The molecule has 0 saturated heterocycles. The van der Waals surface area contributed by atoms with Crippen LogP contribution in [0.2, 0.25) is 0 Å². The summed E-state index contributed by atoms with van der Waals surface area (Å²) >= 11 is 0. The highest BCUT2D eigenvalue weighted by molar-refractivity contribution is 6.00. The Kier molecular flexibility index (Phi) is 38.1. The van der Waals surface area contributed by atoms with Crippen LogP contribution in [-0.4, -0.2) is 73.6 Å². The van der Waals surface area contributed by atoms with Gasteiger partial charge in [-0.3, -0.25) is 14.4 Å². The number of carbonyl (C=O) groups is 3. The van der Waals surface area contributed by atoms with Gasteiger partial charge in [0.1, 0.15) is 12.2 Å².